The predicted octanol–water partition coefficient (Wildman–Crippen LogP) is 1.93. The topological polar surface area (TPSA) is 54.0 Å². The van der Waals surface area contributed by atoms with E-state index < -0.39 is 11.2 Å². The van der Waals surface area contributed by atoms with Crippen LogP contribution in [0.15, 0.2) is 0 Å². The van der Waals surface area contributed by atoms with Crippen LogP contribution in [0.5, 0.6) is 0 Å². The van der Waals surface area contributed by atoms with E-state index in [2.05, 4.69) is 0 Å². The Morgan fingerprint density at radius 1 is 1.05 bits per heavy atom. The van der Waals surface area contributed by atoms with Crippen molar-refractivity contribution in [1.29, 1.82) is 0 Å². The van der Waals surface area contributed by atoms with Crippen LogP contribution in [0, 0.1) is 5.92 Å². The lowest BCUT2D eigenvalue weighted by atomic mass is 9.82. The van der Waals surface area contributed by atoms with Crippen LogP contribution in [0.1, 0.15) is 41.5 Å². The van der Waals surface area contributed by atoms with Crippen LogP contribution in [-0.4, -0.2) is 48.7 Å². The summed E-state index contributed by atoms with van der Waals surface area (Å²) in [6.45, 7) is 12.4. The van der Waals surface area contributed by atoms with Crippen molar-refractivity contribution in [3.05, 3.63) is 0 Å². The minimum Gasteiger partial charge on any atom is -0.456 e. The third kappa shape index (κ3) is 2.36. The lowest BCUT2D eigenvalue weighted by molar-refractivity contribution is -0.166. The van der Waals surface area contributed by atoms with Gasteiger partial charge in [-0.3, -0.25) is 4.79 Å². The molecule has 0 aromatic heterocycles. The van der Waals surface area contributed by atoms with E-state index >= 15 is 0 Å². The predicted molar refractivity (Wildman–Crippen MR) is 73.4 cm³/mol. The van der Waals surface area contributed by atoms with Gasteiger partial charge in [0.05, 0.1) is 25.2 Å². The van der Waals surface area contributed by atoms with Gasteiger partial charge in [0.15, 0.2) is 6.10 Å². The summed E-state index contributed by atoms with van der Waals surface area (Å²) < 4.78 is 23.4. The summed E-state index contributed by atoms with van der Waals surface area (Å²) in [6.07, 6.45) is -0.429. The molecule has 2 aliphatic rings. The van der Waals surface area contributed by atoms with Gasteiger partial charge < -0.3 is 18.9 Å². The van der Waals surface area contributed by atoms with Crippen LogP contribution < -0.4 is 0 Å². The molecule has 0 spiro atoms. The Bertz CT molecular complexity index is 380. The first kappa shape index (κ1) is 15.7. The minimum atomic E-state index is -0.656. The maximum absolute atomic E-state index is 11.8. The maximum Gasteiger partial charge on any atom is 0.308 e. The molecule has 0 bridgehead atoms. The minimum absolute atomic E-state index is 0.101. The SMILES string of the molecule is CC(C)OC1CO[C@]2(C)C(OC(=O)C(C)C)CO[C@]12C. The van der Waals surface area contributed by atoms with Crippen LogP contribution >= 0.6 is 0 Å². The quantitative estimate of drug-likeness (QED) is 0.739. The monoisotopic (exact) mass is 286 g/mol. The molecular weight excluding hydrogens is 260 g/mol. The third-order valence-corrected chi connectivity index (χ3v) is 4.45. The van der Waals surface area contributed by atoms with Gasteiger partial charge in [-0.15, -0.1) is 0 Å². The number of ether oxygens (including phenoxy) is 4. The molecule has 5 heteroatoms. The van der Waals surface area contributed by atoms with Gasteiger partial charge in [0, 0.05) is 0 Å². The van der Waals surface area contributed by atoms with E-state index in [-0.39, 0.29) is 30.2 Å². The molecule has 2 heterocycles. The molecule has 2 saturated heterocycles. The van der Waals surface area contributed by atoms with Crippen LogP contribution in [0.4, 0.5) is 0 Å². The molecule has 0 N–H and O–H groups in total. The van der Waals surface area contributed by atoms with Crippen molar-refractivity contribution >= 4 is 5.97 Å². The highest BCUT2D eigenvalue weighted by atomic mass is 16.7. The lowest BCUT2D eigenvalue weighted by Gasteiger charge is -2.37. The Balaban J connectivity index is 2.14. The Morgan fingerprint density at radius 3 is 2.05 bits per heavy atom. The number of hydrogen-bond donors (Lipinski definition) is 0. The van der Waals surface area contributed by atoms with E-state index in [9.17, 15) is 4.79 Å². The fourth-order valence-corrected chi connectivity index (χ4v) is 2.85. The highest BCUT2D eigenvalue weighted by Crippen LogP contribution is 2.48. The molecular formula is C15H26O5. The van der Waals surface area contributed by atoms with Gasteiger partial charge in [0.2, 0.25) is 0 Å². The van der Waals surface area contributed by atoms with Gasteiger partial charge in [-0.2, -0.15) is 0 Å². The van der Waals surface area contributed by atoms with Gasteiger partial charge in [0.1, 0.15) is 17.3 Å². The molecule has 5 nitrogen and oxygen atoms in total. The van der Waals surface area contributed by atoms with E-state index in [4.69, 9.17) is 18.9 Å². The molecule has 0 saturated carbocycles. The second-order valence-electron chi connectivity index (χ2n) is 6.59. The zero-order valence-corrected chi connectivity index (χ0v) is 13.3. The van der Waals surface area contributed by atoms with Crippen molar-refractivity contribution in [1.82, 2.24) is 0 Å². The van der Waals surface area contributed by atoms with Crippen molar-refractivity contribution in [3.63, 3.8) is 0 Å². The fraction of sp³-hybridized carbons (Fsp3) is 0.933. The van der Waals surface area contributed by atoms with Gasteiger partial charge in [0.25, 0.3) is 0 Å². The first-order valence-electron chi connectivity index (χ1n) is 7.34. The highest BCUT2D eigenvalue weighted by Gasteiger charge is 2.67. The standard InChI is InChI=1S/C15H26O5/c1-9(2)13(16)20-12-8-18-14(5)11(19-10(3)4)7-17-15(12,14)6/h9-12H,7-8H2,1-6H3/t11?,12?,14-,15-/m1/s1. The van der Waals surface area contributed by atoms with E-state index in [1.165, 1.54) is 0 Å². The average Bonchev–Trinajstić information content (AvgIpc) is 2.73. The van der Waals surface area contributed by atoms with E-state index in [1.54, 1.807) is 0 Å². The molecule has 2 unspecified atom stereocenters. The summed E-state index contributed by atoms with van der Waals surface area (Å²) >= 11 is 0. The van der Waals surface area contributed by atoms with Crippen molar-refractivity contribution in [2.45, 2.75) is 71.1 Å². The van der Waals surface area contributed by atoms with Crippen LogP contribution in [0.3, 0.4) is 0 Å². The summed E-state index contributed by atoms with van der Waals surface area (Å²) in [5.74, 6) is -0.379. The Hall–Kier alpha value is -0.650. The number of hydrogen-bond acceptors (Lipinski definition) is 5. The van der Waals surface area contributed by atoms with E-state index in [1.807, 2.05) is 41.5 Å². The number of esters is 1. The Morgan fingerprint density at radius 2 is 1.55 bits per heavy atom. The molecule has 0 aromatic rings. The molecule has 2 aliphatic heterocycles. The number of carbonyl (C=O) groups excluding carboxylic acids is 1. The molecule has 4 atom stereocenters. The fourth-order valence-electron chi connectivity index (χ4n) is 2.85. The Kier molecular flexibility index (Phi) is 4.15. The third-order valence-electron chi connectivity index (χ3n) is 4.45. The Labute approximate surface area is 120 Å². The number of fused-ring (bicyclic) bond motifs is 1. The smallest absolute Gasteiger partial charge is 0.308 e. The summed E-state index contributed by atoms with van der Waals surface area (Å²) in [4.78, 5) is 11.8. The van der Waals surface area contributed by atoms with Crippen molar-refractivity contribution in [2.24, 2.45) is 5.92 Å². The number of carbonyl (C=O) groups is 1. The normalized spacial score (nSPS) is 40.4. The zero-order chi connectivity index (χ0) is 15.1. The van der Waals surface area contributed by atoms with Crippen LogP contribution in [0.25, 0.3) is 0 Å². The molecule has 2 rings (SSSR count). The zero-order valence-electron chi connectivity index (χ0n) is 13.3. The molecule has 116 valence electrons. The second-order valence-corrected chi connectivity index (χ2v) is 6.59. The molecule has 2 fully saturated rings. The van der Waals surface area contributed by atoms with Crippen LogP contribution in [0.2, 0.25) is 0 Å². The lowest BCUT2D eigenvalue weighted by Crippen LogP contribution is -2.55. The summed E-state index contributed by atoms with van der Waals surface area (Å²) in [5, 5.41) is 0. The molecule has 0 aromatic carbocycles. The average molecular weight is 286 g/mol. The summed E-state index contributed by atoms with van der Waals surface area (Å²) in [7, 11) is 0. The largest absolute Gasteiger partial charge is 0.456 e. The van der Waals surface area contributed by atoms with Crippen LogP contribution in [-0.2, 0) is 23.7 Å². The molecule has 0 amide bonds. The molecule has 0 radical (unpaired) electrons. The number of rotatable bonds is 4. The van der Waals surface area contributed by atoms with Gasteiger partial charge >= 0.3 is 5.97 Å². The van der Waals surface area contributed by atoms with Gasteiger partial charge in [-0.1, -0.05) is 13.8 Å². The first-order valence-corrected chi connectivity index (χ1v) is 7.34. The van der Waals surface area contributed by atoms with Gasteiger partial charge in [-0.05, 0) is 27.7 Å². The van der Waals surface area contributed by atoms with Crippen molar-refractivity contribution < 1.29 is 23.7 Å². The molecule has 0 aliphatic carbocycles. The van der Waals surface area contributed by atoms with Gasteiger partial charge in [-0.25, -0.2) is 0 Å². The first-order chi connectivity index (χ1) is 9.20. The second kappa shape index (κ2) is 5.28. The van der Waals surface area contributed by atoms with E-state index in [0.29, 0.717) is 13.2 Å². The highest BCUT2D eigenvalue weighted by molar-refractivity contribution is 5.71. The molecule has 20 heavy (non-hydrogen) atoms. The van der Waals surface area contributed by atoms with E-state index in [0.717, 1.165) is 0 Å². The van der Waals surface area contributed by atoms with Crippen molar-refractivity contribution in [2.75, 3.05) is 13.2 Å². The van der Waals surface area contributed by atoms with Crippen molar-refractivity contribution in [3.8, 4) is 0 Å². The maximum atomic E-state index is 11.8. The summed E-state index contributed by atoms with van der Waals surface area (Å²) in [6, 6.07) is 0. The summed E-state index contributed by atoms with van der Waals surface area (Å²) in [5.41, 5.74) is -1.24.